The first-order valence-electron chi connectivity index (χ1n) is 6.65. The van der Waals surface area contributed by atoms with E-state index in [1.807, 2.05) is 30.8 Å². The zero-order valence-corrected chi connectivity index (χ0v) is 11.7. The molecule has 0 aliphatic heterocycles. The molecule has 0 fully saturated rings. The number of hydrogen-bond acceptors (Lipinski definition) is 2. The molecule has 2 N–H and O–H groups in total. The van der Waals surface area contributed by atoms with Crippen LogP contribution in [0.25, 0.3) is 11.1 Å². The Bertz CT molecular complexity index is 587. The highest BCUT2D eigenvalue weighted by atomic mass is 19.1. The summed E-state index contributed by atoms with van der Waals surface area (Å²) in [6.07, 6.45) is 1.62. The number of hydrogen-bond donors (Lipinski definition) is 1. The molecule has 1 heterocycles. The number of nitrogens with zero attached hydrogens (tertiary/aromatic N) is 2. The van der Waals surface area contributed by atoms with Gasteiger partial charge in [-0.05, 0) is 24.5 Å². The van der Waals surface area contributed by atoms with Crippen molar-refractivity contribution >= 4 is 0 Å². The van der Waals surface area contributed by atoms with Crippen LogP contribution in [-0.2, 0) is 26.4 Å². The van der Waals surface area contributed by atoms with Crippen LogP contribution in [0.4, 0.5) is 4.39 Å². The number of aromatic nitrogens is 2. The molecule has 1 aromatic heterocycles. The molecule has 0 saturated heterocycles. The van der Waals surface area contributed by atoms with E-state index in [4.69, 9.17) is 5.73 Å². The second-order valence-electron chi connectivity index (χ2n) is 4.62. The monoisotopic (exact) mass is 261 g/mol. The number of nitrogens with two attached hydrogens (primary N) is 1. The summed E-state index contributed by atoms with van der Waals surface area (Å²) in [5, 5.41) is 4.49. The lowest BCUT2D eigenvalue weighted by molar-refractivity contribution is 0.628. The van der Waals surface area contributed by atoms with Crippen molar-refractivity contribution in [3.05, 3.63) is 41.0 Å². The first kappa shape index (κ1) is 13.7. The molecule has 0 saturated carbocycles. The first-order chi connectivity index (χ1) is 9.12. The summed E-state index contributed by atoms with van der Waals surface area (Å²) in [6, 6.07) is 5.21. The van der Waals surface area contributed by atoms with E-state index < -0.39 is 0 Å². The van der Waals surface area contributed by atoms with Gasteiger partial charge >= 0.3 is 0 Å². The summed E-state index contributed by atoms with van der Waals surface area (Å²) in [6.45, 7) is 4.45. The van der Waals surface area contributed by atoms with Gasteiger partial charge < -0.3 is 5.73 Å². The first-order valence-corrected chi connectivity index (χ1v) is 6.65. The van der Waals surface area contributed by atoms with Crippen molar-refractivity contribution in [1.82, 2.24) is 9.78 Å². The van der Waals surface area contributed by atoms with Crippen LogP contribution in [0.1, 0.15) is 30.8 Å². The number of benzene rings is 1. The van der Waals surface area contributed by atoms with Crippen LogP contribution in [0.2, 0.25) is 0 Å². The standard InChI is InChI=1S/C15H20FN3/c1-4-13-15(14(5-2)19(3)18-13)11-7-6-10(9-17)8-12(11)16/h6-8H,4-5,9,17H2,1-3H3. The predicted octanol–water partition coefficient (Wildman–Crippen LogP) is 2.81. The lowest BCUT2D eigenvalue weighted by atomic mass is 9.98. The van der Waals surface area contributed by atoms with Gasteiger partial charge in [0.15, 0.2) is 0 Å². The minimum Gasteiger partial charge on any atom is -0.326 e. The molecule has 0 amide bonds. The normalized spacial score (nSPS) is 11.0. The third-order valence-corrected chi connectivity index (χ3v) is 3.45. The Morgan fingerprint density at radius 1 is 1.26 bits per heavy atom. The van der Waals surface area contributed by atoms with Crippen LogP contribution in [-0.4, -0.2) is 9.78 Å². The van der Waals surface area contributed by atoms with E-state index in [2.05, 4.69) is 12.0 Å². The average molecular weight is 261 g/mol. The lowest BCUT2D eigenvalue weighted by Crippen LogP contribution is -1.99. The molecule has 0 unspecified atom stereocenters. The van der Waals surface area contributed by atoms with Crippen molar-refractivity contribution in [3.63, 3.8) is 0 Å². The maximum absolute atomic E-state index is 14.3. The zero-order valence-electron chi connectivity index (χ0n) is 11.7. The molecule has 0 aliphatic rings. The molecule has 0 spiro atoms. The number of halogens is 1. The molecule has 4 heteroatoms. The van der Waals surface area contributed by atoms with Gasteiger partial charge in [0.2, 0.25) is 0 Å². The molecule has 3 nitrogen and oxygen atoms in total. The van der Waals surface area contributed by atoms with E-state index >= 15 is 0 Å². The summed E-state index contributed by atoms with van der Waals surface area (Å²) < 4.78 is 16.1. The minimum absolute atomic E-state index is 0.222. The highest BCUT2D eigenvalue weighted by Gasteiger charge is 2.18. The minimum atomic E-state index is -0.222. The molecule has 2 aromatic rings. The third-order valence-electron chi connectivity index (χ3n) is 3.45. The summed E-state index contributed by atoms with van der Waals surface area (Å²) in [5.41, 5.74) is 9.92. The van der Waals surface area contributed by atoms with Crippen molar-refractivity contribution in [2.75, 3.05) is 0 Å². The van der Waals surface area contributed by atoms with Crippen molar-refractivity contribution in [2.45, 2.75) is 33.2 Å². The van der Waals surface area contributed by atoms with Crippen molar-refractivity contribution in [3.8, 4) is 11.1 Å². The van der Waals surface area contributed by atoms with E-state index in [1.54, 1.807) is 0 Å². The van der Waals surface area contributed by atoms with Gasteiger partial charge in [-0.1, -0.05) is 26.0 Å². The summed E-state index contributed by atoms with van der Waals surface area (Å²) in [5.74, 6) is -0.222. The smallest absolute Gasteiger partial charge is 0.131 e. The molecule has 1 aromatic carbocycles. The molecule has 2 rings (SSSR count). The Hall–Kier alpha value is -1.68. The summed E-state index contributed by atoms with van der Waals surface area (Å²) in [7, 11) is 1.91. The van der Waals surface area contributed by atoms with Crippen LogP contribution in [0.15, 0.2) is 18.2 Å². The Morgan fingerprint density at radius 3 is 2.53 bits per heavy atom. The van der Waals surface area contributed by atoms with E-state index in [-0.39, 0.29) is 5.82 Å². The quantitative estimate of drug-likeness (QED) is 0.919. The second kappa shape index (κ2) is 5.53. The molecule has 102 valence electrons. The van der Waals surface area contributed by atoms with Gasteiger partial charge in [0, 0.05) is 30.4 Å². The Balaban J connectivity index is 2.64. The van der Waals surface area contributed by atoms with E-state index in [9.17, 15) is 4.39 Å². The maximum Gasteiger partial charge on any atom is 0.131 e. The molecule has 0 aliphatic carbocycles. The van der Waals surface area contributed by atoms with Gasteiger partial charge in [-0.15, -0.1) is 0 Å². The van der Waals surface area contributed by atoms with Crippen LogP contribution in [0.3, 0.4) is 0 Å². The van der Waals surface area contributed by atoms with E-state index in [1.165, 1.54) is 6.07 Å². The average Bonchev–Trinajstić information content (AvgIpc) is 2.74. The fourth-order valence-electron chi connectivity index (χ4n) is 2.47. The predicted molar refractivity (Wildman–Crippen MR) is 75.2 cm³/mol. The third kappa shape index (κ3) is 2.40. The Morgan fingerprint density at radius 2 is 2.00 bits per heavy atom. The van der Waals surface area contributed by atoms with E-state index in [0.29, 0.717) is 12.1 Å². The lowest BCUT2D eigenvalue weighted by Gasteiger charge is -2.08. The second-order valence-corrected chi connectivity index (χ2v) is 4.62. The van der Waals surface area contributed by atoms with Crippen molar-refractivity contribution in [1.29, 1.82) is 0 Å². The fraction of sp³-hybridized carbons (Fsp3) is 0.400. The summed E-state index contributed by atoms with van der Waals surface area (Å²) in [4.78, 5) is 0. The van der Waals surface area contributed by atoms with Gasteiger partial charge in [-0.25, -0.2) is 4.39 Å². The van der Waals surface area contributed by atoms with Gasteiger partial charge in [0.05, 0.1) is 5.69 Å². The van der Waals surface area contributed by atoms with Crippen LogP contribution >= 0.6 is 0 Å². The van der Waals surface area contributed by atoms with Gasteiger partial charge in [0.25, 0.3) is 0 Å². The van der Waals surface area contributed by atoms with Gasteiger partial charge in [-0.3, -0.25) is 4.68 Å². The largest absolute Gasteiger partial charge is 0.326 e. The SMILES string of the molecule is CCc1nn(C)c(CC)c1-c1ccc(CN)cc1F. The van der Waals surface area contributed by atoms with Crippen LogP contribution < -0.4 is 5.73 Å². The molecule has 19 heavy (non-hydrogen) atoms. The zero-order chi connectivity index (χ0) is 14.0. The summed E-state index contributed by atoms with van der Waals surface area (Å²) >= 11 is 0. The number of rotatable bonds is 4. The molecular weight excluding hydrogens is 241 g/mol. The number of aryl methyl sites for hydroxylation is 2. The molecule has 0 bridgehead atoms. The van der Waals surface area contributed by atoms with Crippen LogP contribution in [0, 0.1) is 5.82 Å². The topological polar surface area (TPSA) is 43.8 Å². The molecule has 0 atom stereocenters. The highest BCUT2D eigenvalue weighted by molar-refractivity contribution is 5.70. The van der Waals surface area contributed by atoms with Crippen molar-refractivity contribution in [2.24, 2.45) is 12.8 Å². The maximum atomic E-state index is 14.3. The fourth-order valence-corrected chi connectivity index (χ4v) is 2.47. The van der Waals surface area contributed by atoms with Gasteiger partial charge in [0.1, 0.15) is 5.82 Å². The molecule has 0 radical (unpaired) electrons. The van der Waals surface area contributed by atoms with Crippen molar-refractivity contribution < 1.29 is 4.39 Å². The van der Waals surface area contributed by atoms with Crippen LogP contribution in [0.5, 0.6) is 0 Å². The highest BCUT2D eigenvalue weighted by Crippen LogP contribution is 2.30. The van der Waals surface area contributed by atoms with E-state index in [0.717, 1.165) is 35.4 Å². The Kier molecular flexibility index (Phi) is 4.00. The molecular formula is C15H20FN3. The van der Waals surface area contributed by atoms with Gasteiger partial charge in [-0.2, -0.15) is 5.10 Å². The Labute approximate surface area is 113 Å².